The van der Waals surface area contributed by atoms with Crippen LogP contribution in [0.15, 0.2) is 0 Å². The number of carboxylic acids is 1. The molecule has 0 amide bonds. The van der Waals surface area contributed by atoms with Crippen LogP contribution >= 0.6 is 0 Å². The molecular formula is C10H14N2O2. The third-order valence-electron chi connectivity index (χ3n) is 2.79. The first kappa shape index (κ1) is 9.24. The summed E-state index contributed by atoms with van der Waals surface area (Å²) in [6.07, 6.45) is 1.52. The number of hydrogen-bond donors (Lipinski definition) is 2. The van der Waals surface area contributed by atoms with Crippen LogP contribution in [0.5, 0.6) is 0 Å². The second-order valence-electron chi connectivity index (χ2n) is 4.09. The van der Waals surface area contributed by atoms with Crippen LogP contribution < -0.4 is 0 Å². The molecule has 4 heteroatoms. The Hall–Kier alpha value is -1.32. The minimum absolute atomic E-state index is 0.287. The van der Waals surface area contributed by atoms with E-state index in [0.717, 1.165) is 23.4 Å². The fraction of sp³-hybridized carbons (Fsp3) is 0.600. The molecule has 4 nitrogen and oxygen atoms in total. The van der Waals surface area contributed by atoms with Crippen LogP contribution in [-0.4, -0.2) is 21.3 Å². The number of nitrogens with one attached hydrogen (secondary N) is 1. The maximum atomic E-state index is 11.0. The number of H-pyrrole nitrogens is 1. The molecule has 1 aromatic heterocycles. The van der Waals surface area contributed by atoms with Gasteiger partial charge in [-0.25, -0.2) is 0 Å². The van der Waals surface area contributed by atoms with E-state index in [1.807, 2.05) is 13.8 Å². The molecule has 0 spiro atoms. The summed E-state index contributed by atoms with van der Waals surface area (Å²) in [5.41, 5.74) is 2.87. The smallest absolute Gasteiger partial charge is 0.311 e. The summed E-state index contributed by atoms with van der Waals surface area (Å²) in [7, 11) is 0. The number of aryl methyl sites for hydroxylation is 1. The number of aliphatic carboxylic acids is 1. The monoisotopic (exact) mass is 194 g/mol. The van der Waals surface area contributed by atoms with Gasteiger partial charge in [-0.1, -0.05) is 13.8 Å². The molecule has 0 fully saturated rings. The van der Waals surface area contributed by atoms with Crippen molar-refractivity contribution in [3.63, 3.8) is 0 Å². The minimum atomic E-state index is -0.730. The lowest BCUT2D eigenvalue weighted by Crippen LogP contribution is -2.10. The molecule has 1 aliphatic rings. The van der Waals surface area contributed by atoms with Crippen LogP contribution in [0.2, 0.25) is 0 Å². The highest BCUT2D eigenvalue weighted by Crippen LogP contribution is 2.36. The van der Waals surface area contributed by atoms with E-state index in [-0.39, 0.29) is 11.8 Å². The number of carbonyl (C=O) groups is 1. The first-order valence-corrected chi connectivity index (χ1v) is 4.91. The second-order valence-corrected chi connectivity index (χ2v) is 4.09. The molecule has 1 aliphatic carbocycles. The zero-order chi connectivity index (χ0) is 10.3. The topological polar surface area (TPSA) is 66.0 Å². The average Bonchev–Trinajstić information content (AvgIpc) is 2.59. The van der Waals surface area contributed by atoms with Gasteiger partial charge in [-0.15, -0.1) is 0 Å². The van der Waals surface area contributed by atoms with E-state index in [1.165, 1.54) is 0 Å². The molecule has 0 radical (unpaired) electrons. The molecule has 1 unspecified atom stereocenters. The molecule has 1 heterocycles. The fourth-order valence-electron chi connectivity index (χ4n) is 2.10. The number of carboxylic acid groups (broad SMARTS) is 1. The lowest BCUT2D eigenvalue weighted by Gasteiger charge is -2.08. The largest absolute Gasteiger partial charge is 0.481 e. The molecule has 0 bridgehead atoms. The Morgan fingerprint density at radius 3 is 2.93 bits per heavy atom. The molecule has 2 N–H and O–H groups in total. The normalized spacial score (nSPS) is 20.1. The Morgan fingerprint density at radius 2 is 2.36 bits per heavy atom. The van der Waals surface area contributed by atoms with Gasteiger partial charge < -0.3 is 5.11 Å². The van der Waals surface area contributed by atoms with Gasteiger partial charge in [0.25, 0.3) is 0 Å². The molecule has 1 atom stereocenters. The summed E-state index contributed by atoms with van der Waals surface area (Å²) in [5, 5.41) is 16.2. The Morgan fingerprint density at radius 1 is 1.64 bits per heavy atom. The van der Waals surface area contributed by atoms with Gasteiger partial charge in [0, 0.05) is 11.3 Å². The van der Waals surface area contributed by atoms with Crippen molar-refractivity contribution >= 4 is 5.97 Å². The van der Waals surface area contributed by atoms with Gasteiger partial charge in [0.05, 0.1) is 11.6 Å². The first-order valence-electron chi connectivity index (χ1n) is 4.91. The second kappa shape index (κ2) is 3.12. The molecule has 2 rings (SSSR count). The summed E-state index contributed by atoms with van der Waals surface area (Å²) in [6, 6.07) is 0. The van der Waals surface area contributed by atoms with Gasteiger partial charge in [-0.3, -0.25) is 9.89 Å². The molecular weight excluding hydrogens is 180 g/mol. The SMILES string of the molecule is CC(C)c1n[nH]c2c1C(C(=O)O)CC2. The number of rotatable bonds is 2. The lowest BCUT2D eigenvalue weighted by atomic mass is 9.97. The van der Waals surface area contributed by atoms with E-state index in [2.05, 4.69) is 10.2 Å². The van der Waals surface area contributed by atoms with Crippen molar-refractivity contribution < 1.29 is 9.90 Å². The molecule has 0 aromatic carbocycles. The Balaban J connectivity index is 2.45. The number of aromatic amines is 1. The summed E-state index contributed by atoms with van der Waals surface area (Å²) < 4.78 is 0. The van der Waals surface area contributed by atoms with E-state index in [4.69, 9.17) is 5.11 Å². The van der Waals surface area contributed by atoms with E-state index in [1.54, 1.807) is 0 Å². The van der Waals surface area contributed by atoms with Crippen molar-refractivity contribution in [3.05, 3.63) is 17.0 Å². The van der Waals surface area contributed by atoms with Crippen molar-refractivity contribution in [3.8, 4) is 0 Å². The van der Waals surface area contributed by atoms with Crippen LogP contribution in [0.1, 0.15) is 49.1 Å². The maximum Gasteiger partial charge on any atom is 0.311 e. The van der Waals surface area contributed by atoms with Crippen LogP contribution in [0.4, 0.5) is 0 Å². The Bertz CT molecular complexity index is 368. The highest BCUT2D eigenvalue weighted by Gasteiger charge is 2.33. The van der Waals surface area contributed by atoms with E-state index >= 15 is 0 Å². The molecule has 0 aliphatic heterocycles. The van der Waals surface area contributed by atoms with Crippen LogP contribution in [0.3, 0.4) is 0 Å². The minimum Gasteiger partial charge on any atom is -0.481 e. The quantitative estimate of drug-likeness (QED) is 0.752. The van der Waals surface area contributed by atoms with Crippen molar-refractivity contribution in [2.75, 3.05) is 0 Å². The van der Waals surface area contributed by atoms with Gasteiger partial charge in [0.1, 0.15) is 0 Å². The van der Waals surface area contributed by atoms with Crippen LogP contribution in [0, 0.1) is 0 Å². The lowest BCUT2D eigenvalue weighted by molar-refractivity contribution is -0.138. The van der Waals surface area contributed by atoms with E-state index in [0.29, 0.717) is 6.42 Å². The third-order valence-corrected chi connectivity index (χ3v) is 2.79. The predicted octanol–water partition coefficient (Wildman–Crippen LogP) is 1.65. The summed E-state index contributed by atoms with van der Waals surface area (Å²) >= 11 is 0. The molecule has 14 heavy (non-hydrogen) atoms. The number of nitrogens with zero attached hydrogens (tertiary/aromatic N) is 1. The van der Waals surface area contributed by atoms with Crippen molar-refractivity contribution in [1.29, 1.82) is 0 Å². The van der Waals surface area contributed by atoms with E-state index in [9.17, 15) is 4.79 Å². The van der Waals surface area contributed by atoms with Crippen molar-refractivity contribution in [2.24, 2.45) is 0 Å². The average molecular weight is 194 g/mol. The molecule has 0 saturated carbocycles. The van der Waals surface area contributed by atoms with Gasteiger partial charge in [0.15, 0.2) is 0 Å². The predicted molar refractivity (Wildman–Crippen MR) is 51.4 cm³/mol. The van der Waals surface area contributed by atoms with Crippen LogP contribution in [0.25, 0.3) is 0 Å². The zero-order valence-corrected chi connectivity index (χ0v) is 8.37. The third kappa shape index (κ3) is 1.22. The number of hydrogen-bond acceptors (Lipinski definition) is 2. The van der Waals surface area contributed by atoms with Crippen molar-refractivity contribution in [2.45, 2.75) is 38.5 Å². The number of aromatic nitrogens is 2. The van der Waals surface area contributed by atoms with Crippen LogP contribution in [-0.2, 0) is 11.2 Å². The summed E-state index contributed by atoms with van der Waals surface area (Å²) in [5.74, 6) is -0.789. The highest BCUT2D eigenvalue weighted by molar-refractivity contribution is 5.78. The summed E-state index contributed by atoms with van der Waals surface area (Å²) in [6.45, 7) is 4.07. The van der Waals surface area contributed by atoms with Crippen molar-refractivity contribution in [1.82, 2.24) is 10.2 Å². The fourth-order valence-corrected chi connectivity index (χ4v) is 2.10. The zero-order valence-electron chi connectivity index (χ0n) is 8.37. The summed E-state index contributed by atoms with van der Waals surface area (Å²) in [4.78, 5) is 11.0. The van der Waals surface area contributed by atoms with Gasteiger partial charge in [0.2, 0.25) is 0 Å². The Labute approximate surface area is 82.3 Å². The number of fused-ring (bicyclic) bond motifs is 1. The van der Waals surface area contributed by atoms with Gasteiger partial charge >= 0.3 is 5.97 Å². The molecule has 76 valence electrons. The maximum absolute atomic E-state index is 11.0. The standard InChI is InChI=1S/C10H14N2O2/c1-5(2)9-8-6(10(13)14)3-4-7(8)11-12-9/h5-6H,3-4H2,1-2H3,(H,11,12)(H,13,14). The highest BCUT2D eigenvalue weighted by atomic mass is 16.4. The molecule has 0 saturated heterocycles. The first-order chi connectivity index (χ1) is 6.61. The Kier molecular flexibility index (Phi) is 2.06. The van der Waals surface area contributed by atoms with E-state index < -0.39 is 5.97 Å². The molecule has 1 aromatic rings. The van der Waals surface area contributed by atoms with Gasteiger partial charge in [-0.05, 0) is 18.8 Å². The van der Waals surface area contributed by atoms with Gasteiger partial charge in [-0.2, -0.15) is 5.10 Å².